The van der Waals surface area contributed by atoms with Crippen molar-refractivity contribution < 1.29 is 17.9 Å². The minimum atomic E-state index is -3.69. The third kappa shape index (κ3) is 4.41. The number of rotatable bonds is 4. The maximum Gasteiger partial charge on any atom is 0.253 e. The minimum absolute atomic E-state index is 0.0867. The summed E-state index contributed by atoms with van der Waals surface area (Å²) in [6.07, 6.45) is 2.86. The summed E-state index contributed by atoms with van der Waals surface area (Å²) >= 11 is 0. The molecule has 2 aliphatic rings. The van der Waals surface area contributed by atoms with Crippen LogP contribution in [0, 0.1) is 17.2 Å². The molecule has 2 saturated heterocycles. The summed E-state index contributed by atoms with van der Waals surface area (Å²) in [5.41, 5.74) is 0.332. The summed E-state index contributed by atoms with van der Waals surface area (Å²) in [6, 6.07) is 8.17. The molecule has 2 aliphatic heterocycles. The van der Waals surface area contributed by atoms with Gasteiger partial charge in [0.2, 0.25) is 10.0 Å². The van der Waals surface area contributed by atoms with E-state index in [1.54, 1.807) is 17.0 Å². The van der Waals surface area contributed by atoms with Gasteiger partial charge in [-0.05, 0) is 43.9 Å². The summed E-state index contributed by atoms with van der Waals surface area (Å²) in [5, 5.41) is 9.08. The fourth-order valence-electron chi connectivity index (χ4n) is 3.35. The van der Waals surface area contributed by atoms with Crippen molar-refractivity contribution in [2.75, 3.05) is 26.3 Å². The quantitative estimate of drug-likeness (QED) is 0.858. The molecule has 1 N–H and O–H groups in total. The van der Waals surface area contributed by atoms with Crippen LogP contribution >= 0.6 is 0 Å². The lowest BCUT2D eigenvalue weighted by molar-refractivity contribution is 0.0698. The second-order valence-corrected chi connectivity index (χ2v) is 8.47. The van der Waals surface area contributed by atoms with Crippen LogP contribution in [0.15, 0.2) is 29.2 Å². The molecule has 7 nitrogen and oxygen atoms in total. The highest BCUT2D eigenvalue weighted by Crippen LogP contribution is 2.20. The van der Waals surface area contributed by atoms with E-state index in [1.165, 1.54) is 12.1 Å². The lowest BCUT2D eigenvalue weighted by Gasteiger charge is -2.29. The second-order valence-electron chi connectivity index (χ2n) is 6.76. The van der Waals surface area contributed by atoms with E-state index < -0.39 is 10.0 Å². The number of likely N-dealkylation sites (tertiary alicyclic amines) is 1. The van der Waals surface area contributed by atoms with Gasteiger partial charge in [0.05, 0.1) is 16.9 Å². The van der Waals surface area contributed by atoms with Gasteiger partial charge in [-0.15, -0.1) is 0 Å². The molecule has 26 heavy (non-hydrogen) atoms. The number of nitriles is 1. The Labute approximate surface area is 154 Å². The van der Waals surface area contributed by atoms with Gasteiger partial charge in [-0.1, -0.05) is 6.07 Å². The van der Waals surface area contributed by atoms with Gasteiger partial charge in [0.25, 0.3) is 5.91 Å². The molecule has 0 spiro atoms. The molecule has 0 unspecified atom stereocenters. The molecule has 8 heteroatoms. The van der Waals surface area contributed by atoms with E-state index in [0.717, 1.165) is 12.8 Å². The maximum atomic E-state index is 12.7. The zero-order valence-corrected chi connectivity index (χ0v) is 15.4. The highest BCUT2D eigenvalue weighted by Gasteiger charge is 2.26. The Morgan fingerprint density at radius 1 is 1.27 bits per heavy atom. The molecular formula is C18H23N3O4S. The highest BCUT2D eigenvalue weighted by atomic mass is 32.2. The van der Waals surface area contributed by atoms with Gasteiger partial charge < -0.3 is 9.64 Å². The predicted molar refractivity (Wildman–Crippen MR) is 94.8 cm³/mol. The van der Waals surface area contributed by atoms with E-state index in [4.69, 9.17) is 10.00 Å². The maximum absolute atomic E-state index is 12.7. The van der Waals surface area contributed by atoms with Crippen LogP contribution in [-0.4, -0.2) is 51.6 Å². The minimum Gasteiger partial charge on any atom is -0.381 e. The second kappa shape index (κ2) is 8.16. The number of amides is 1. The average molecular weight is 377 g/mol. The van der Waals surface area contributed by atoms with E-state index in [9.17, 15) is 13.2 Å². The number of benzene rings is 1. The molecule has 0 saturated carbocycles. The molecule has 1 aromatic rings. The molecule has 0 aliphatic carbocycles. The van der Waals surface area contributed by atoms with Gasteiger partial charge in [0.15, 0.2) is 0 Å². The van der Waals surface area contributed by atoms with E-state index >= 15 is 0 Å². The normalized spacial score (nSPS) is 22.0. The van der Waals surface area contributed by atoms with Crippen LogP contribution in [0.5, 0.6) is 0 Å². The molecule has 3 rings (SSSR count). The van der Waals surface area contributed by atoms with Crippen LogP contribution in [0.25, 0.3) is 0 Å². The van der Waals surface area contributed by atoms with Crippen LogP contribution < -0.4 is 4.72 Å². The largest absolute Gasteiger partial charge is 0.381 e. The molecule has 0 bridgehead atoms. The fourth-order valence-corrected chi connectivity index (χ4v) is 4.70. The molecule has 1 aromatic carbocycles. The predicted octanol–water partition coefficient (Wildman–Crippen LogP) is 1.52. The first-order valence-corrected chi connectivity index (χ1v) is 10.4. The molecular weight excluding hydrogens is 354 g/mol. The third-order valence-electron chi connectivity index (χ3n) is 4.83. The Bertz CT molecular complexity index is 797. The first kappa shape index (κ1) is 18.8. The molecule has 140 valence electrons. The van der Waals surface area contributed by atoms with Gasteiger partial charge in [-0.2, -0.15) is 5.26 Å². The molecule has 0 radical (unpaired) electrons. The Morgan fingerprint density at radius 2 is 2.04 bits per heavy atom. The Hall–Kier alpha value is -1.95. The molecule has 2 heterocycles. The van der Waals surface area contributed by atoms with Crippen LogP contribution in [0.2, 0.25) is 0 Å². The van der Waals surface area contributed by atoms with E-state index in [-0.39, 0.29) is 22.8 Å². The first-order chi connectivity index (χ1) is 12.5. The number of ether oxygens (including phenoxy) is 1. The van der Waals surface area contributed by atoms with Gasteiger partial charge in [0, 0.05) is 37.9 Å². The summed E-state index contributed by atoms with van der Waals surface area (Å²) in [5.74, 6) is -0.386. The number of sulfonamides is 1. The van der Waals surface area contributed by atoms with E-state index in [1.807, 2.05) is 0 Å². The first-order valence-electron chi connectivity index (χ1n) is 8.88. The standard InChI is InChI=1S/C18H23N3O4S/c19-12-14-3-2-8-21(13-14)18(22)15-4-1-5-17(11-15)26(23,24)20-16-6-9-25-10-7-16/h1,4-5,11,14,16,20H,2-3,6-10,13H2/t14-/m0/s1. The fraction of sp³-hybridized carbons (Fsp3) is 0.556. The SMILES string of the molecule is N#C[C@@H]1CCCN(C(=O)c2cccc(S(=O)(=O)NC3CCOCC3)c2)C1. The molecule has 1 atom stereocenters. The summed E-state index contributed by atoms with van der Waals surface area (Å²) < 4.78 is 33.2. The van der Waals surface area contributed by atoms with E-state index in [2.05, 4.69) is 10.8 Å². The third-order valence-corrected chi connectivity index (χ3v) is 6.34. The zero-order valence-electron chi connectivity index (χ0n) is 14.6. The Balaban J connectivity index is 1.74. The number of piperidine rings is 1. The van der Waals surface area contributed by atoms with Gasteiger partial charge in [0.1, 0.15) is 0 Å². The van der Waals surface area contributed by atoms with Crippen LogP contribution in [0.4, 0.5) is 0 Å². The van der Waals surface area contributed by atoms with Gasteiger partial charge in [-0.3, -0.25) is 4.79 Å². The number of nitrogens with one attached hydrogen (secondary N) is 1. The Morgan fingerprint density at radius 3 is 2.77 bits per heavy atom. The number of hydrogen-bond donors (Lipinski definition) is 1. The van der Waals surface area contributed by atoms with Gasteiger partial charge in [-0.25, -0.2) is 13.1 Å². The van der Waals surface area contributed by atoms with Crippen molar-refractivity contribution in [3.05, 3.63) is 29.8 Å². The van der Waals surface area contributed by atoms with Crippen molar-refractivity contribution in [1.82, 2.24) is 9.62 Å². The number of carbonyl (C=O) groups excluding carboxylic acids is 1. The summed E-state index contributed by atoms with van der Waals surface area (Å²) in [6.45, 7) is 2.07. The highest BCUT2D eigenvalue weighted by molar-refractivity contribution is 7.89. The van der Waals surface area contributed by atoms with Gasteiger partial charge >= 0.3 is 0 Å². The summed E-state index contributed by atoms with van der Waals surface area (Å²) in [7, 11) is -3.69. The number of carbonyl (C=O) groups is 1. The van der Waals surface area contributed by atoms with Crippen molar-refractivity contribution >= 4 is 15.9 Å². The molecule has 0 aromatic heterocycles. The van der Waals surface area contributed by atoms with Crippen molar-refractivity contribution in [3.63, 3.8) is 0 Å². The van der Waals surface area contributed by atoms with Crippen LogP contribution in [-0.2, 0) is 14.8 Å². The number of nitrogens with zero attached hydrogens (tertiary/aromatic N) is 2. The molecule has 2 fully saturated rings. The van der Waals surface area contributed by atoms with Crippen molar-refractivity contribution in [3.8, 4) is 6.07 Å². The lowest BCUT2D eigenvalue weighted by Crippen LogP contribution is -2.40. The summed E-state index contributed by atoms with van der Waals surface area (Å²) in [4.78, 5) is 14.4. The zero-order chi connectivity index (χ0) is 18.6. The lowest BCUT2D eigenvalue weighted by atomic mass is 9.99. The van der Waals surface area contributed by atoms with Crippen LogP contribution in [0.3, 0.4) is 0 Å². The van der Waals surface area contributed by atoms with Crippen molar-refractivity contribution in [1.29, 1.82) is 5.26 Å². The van der Waals surface area contributed by atoms with Crippen LogP contribution in [0.1, 0.15) is 36.0 Å². The smallest absolute Gasteiger partial charge is 0.253 e. The average Bonchev–Trinajstić information content (AvgIpc) is 2.68. The van der Waals surface area contributed by atoms with Crippen molar-refractivity contribution in [2.45, 2.75) is 36.6 Å². The Kier molecular flexibility index (Phi) is 5.91. The topological polar surface area (TPSA) is 99.5 Å². The van der Waals surface area contributed by atoms with E-state index in [0.29, 0.717) is 44.7 Å². The van der Waals surface area contributed by atoms with Crippen molar-refractivity contribution in [2.24, 2.45) is 5.92 Å². The molecule has 1 amide bonds. The monoisotopic (exact) mass is 377 g/mol. The number of hydrogen-bond acceptors (Lipinski definition) is 5.